The number of nitrogens with one attached hydrogen (secondary N) is 3. The Morgan fingerprint density at radius 1 is 1.07 bits per heavy atom. The maximum absolute atomic E-state index is 12.2. The highest BCUT2D eigenvalue weighted by Gasteiger charge is 2.29. The Morgan fingerprint density at radius 2 is 1.66 bits per heavy atom. The topological polar surface area (TPSA) is 137 Å². The number of alkyl carbamates (subject to hydrolysis) is 1. The molecule has 1 aliphatic carbocycles. The Bertz CT molecular complexity index is 870. The third-order valence-corrected chi connectivity index (χ3v) is 4.91. The molecule has 5 N–H and O–H groups in total. The van der Waals surface area contributed by atoms with Crippen LogP contribution in [0.2, 0.25) is 0 Å². The third-order valence-electron chi connectivity index (χ3n) is 4.91. The standard InChI is InChI=1S/C21H23N4O4/c22-20(23)24-11-5-10-18(19(26)27)25-21(28)29-12-17-15-8-3-1-6-13(15)14-7-2-4-9-16(14)17/h1-4,6-9,17-18H,5,10-12H2,(H,25,28)(H4,22,23,24)/t18-/m0/s1. The lowest BCUT2D eigenvalue weighted by molar-refractivity contribution is -0.145. The van der Waals surface area contributed by atoms with Gasteiger partial charge in [-0.15, -0.1) is 0 Å². The van der Waals surface area contributed by atoms with Crippen molar-refractivity contribution in [3.63, 3.8) is 0 Å². The van der Waals surface area contributed by atoms with Crippen LogP contribution in [0.5, 0.6) is 0 Å². The van der Waals surface area contributed by atoms with Crippen LogP contribution in [-0.2, 0) is 14.6 Å². The summed E-state index contributed by atoms with van der Waals surface area (Å²) in [5, 5.41) is 23.3. The first-order valence-corrected chi connectivity index (χ1v) is 9.37. The number of amides is 1. The van der Waals surface area contributed by atoms with Gasteiger partial charge in [0.1, 0.15) is 12.6 Å². The fourth-order valence-corrected chi connectivity index (χ4v) is 3.56. The molecule has 29 heavy (non-hydrogen) atoms. The SMILES string of the molecule is N=C(N)NCCC[C@H](NC(=O)OCC1c2ccccc2-c2ccccc21)C([O])=O. The average Bonchev–Trinajstić information content (AvgIpc) is 3.02. The van der Waals surface area contributed by atoms with Gasteiger partial charge in [0.05, 0.1) is 0 Å². The second kappa shape index (κ2) is 9.09. The smallest absolute Gasteiger partial charge is 0.407 e. The van der Waals surface area contributed by atoms with Gasteiger partial charge < -0.3 is 21.1 Å². The minimum absolute atomic E-state index is 0.102. The van der Waals surface area contributed by atoms with Gasteiger partial charge in [-0.25, -0.2) is 14.7 Å². The van der Waals surface area contributed by atoms with E-state index in [0.717, 1.165) is 22.3 Å². The molecule has 1 amide bonds. The molecule has 151 valence electrons. The fourth-order valence-electron chi connectivity index (χ4n) is 3.56. The van der Waals surface area contributed by atoms with Crippen molar-refractivity contribution in [2.45, 2.75) is 24.8 Å². The molecule has 0 aliphatic heterocycles. The molecule has 2 aromatic carbocycles. The molecule has 0 heterocycles. The van der Waals surface area contributed by atoms with Crippen LogP contribution < -0.4 is 16.4 Å². The summed E-state index contributed by atoms with van der Waals surface area (Å²) in [5.41, 5.74) is 9.55. The van der Waals surface area contributed by atoms with Crippen molar-refractivity contribution in [3.8, 4) is 11.1 Å². The number of ether oxygens (including phenoxy) is 1. The number of hydrogen-bond donors (Lipinski definition) is 4. The molecule has 0 saturated heterocycles. The zero-order chi connectivity index (χ0) is 20.8. The van der Waals surface area contributed by atoms with Crippen molar-refractivity contribution in [2.24, 2.45) is 5.73 Å². The summed E-state index contributed by atoms with van der Waals surface area (Å²) in [7, 11) is 0. The second-order valence-electron chi connectivity index (χ2n) is 6.82. The van der Waals surface area contributed by atoms with Crippen LogP contribution in [0, 0.1) is 5.41 Å². The van der Waals surface area contributed by atoms with Crippen LogP contribution in [0.1, 0.15) is 29.9 Å². The number of hydrogen-bond acceptors (Lipinski definition) is 4. The number of carbonyl (C=O) groups excluding carboxylic acids is 2. The normalized spacial score (nSPS) is 13.1. The van der Waals surface area contributed by atoms with Gasteiger partial charge in [0.2, 0.25) is 0 Å². The molecule has 0 saturated carbocycles. The lowest BCUT2D eigenvalue weighted by Gasteiger charge is -2.17. The van der Waals surface area contributed by atoms with Crippen molar-refractivity contribution in [2.75, 3.05) is 13.2 Å². The maximum Gasteiger partial charge on any atom is 0.407 e. The molecule has 0 spiro atoms. The molecule has 0 fully saturated rings. The molecule has 8 nitrogen and oxygen atoms in total. The molecule has 8 heteroatoms. The first-order chi connectivity index (χ1) is 14.0. The summed E-state index contributed by atoms with van der Waals surface area (Å²) >= 11 is 0. The van der Waals surface area contributed by atoms with Crippen LogP contribution in [0.3, 0.4) is 0 Å². The molecule has 1 aliphatic rings. The van der Waals surface area contributed by atoms with Gasteiger partial charge in [-0.05, 0) is 35.1 Å². The van der Waals surface area contributed by atoms with E-state index in [1.807, 2.05) is 48.5 Å². The minimum Gasteiger partial charge on any atom is -0.449 e. The van der Waals surface area contributed by atoms with Crippen molar-refractivity contribution in [1.82, 2.24) is 10.6 Å². The van der Waals surface area contributed by atoms with Crippen molar-refractivity contribution in [3.05, 3.63) is 59.7 Å². The summed E-state index contributed by atoms with van der Waals surface area (Å²) in [6.07, 6.45) is -0.282. The van der Waals surface area contributed by atoms with E-state index in [1.165, 1.54) is 0 Å². The Labute approximate surface area is 168 Å². The molecule has 3 rings (SSSR count). The monoisotopic (exact) mass is 395 g/mol. The summed E-state index contributed by atoms with van der Waals surface area (Å²) in [6, 6.07) is 14.7. The van der Waals surface area contributed by atoms with E-state index in [4.69, 9.17) is 15.9 Å². The highest BCUT2D eigenvalue weighted by atomic mass is 16.5. The highest BCUT2D eigenvalue weighted by molar-refractivity contribution is 5.81. The predicted octanol–water partition coefficient (Wildman–Crippen LogP) is 2.11. The van der Waals surface area contributed by atoms with Gasteiger partial charge in [-0.2, -0.15) is 0 Å². The molecular formula is C21H23N4O4. The van der Waals surface area contributed by atoms with E-state index in [1.54, 1.807) is 0 Å². The zero-order valence-electron chi connectivity index (χ0n) is 15.8. The summed E-state index contributed by atoms with van der Waals surface area (Å²) < 4.78 is 5.35. The van der Waals surface area contributed by atoms with Gasteiger partial charge in [-0.1, -0.05) is 48.5 Å². The molecule has 1 atom stereocenters. The molecule has 1 radical (unpaired) electrons. The van der Waals surface area contributed by atoms with Crippen LogP contribution in [0.15, 0.2) is 48.5 Å². The first-order valence-electron chi connectivity index (χ1n) is 9.37. The minimum atomic E-state index is -1.39. The van der Waals surface area contributed by atoms with Gasteiger partial charge in [0.25, 0.3) is 0 Å². The van der Waals surface area contributed by atoms with Gasteiger partial charge in [0, 0.05) is 12.5 Å². The summed E-state index contributed by atoms with van der Waals surface area (Å²) in [4.78, 5) is 23.5. The Kier molecular flexibility index (Phi) is 6.33. The van der Waals surface area contributed by atoms with Gasteiger partial charge >= 0.3 is 12.1 Å². The van der Waals surface area contributed by atoms with Gasteiger partial charge in [0.15, 0.2) is 5.96 Å². The fraction of sp³-hybridized carbons (Fsp3) is 0.286. The van der Waals surface area contributed by atoms with Crippen LogP contribution in [0.4, 0.5) is 4.79 Å². The average molecular weight is 395 g/mol. The number of rotatable bonds is 8. The van der Waals surface area contributed by atoms with Crippen LogP contribution in [0.25, 0.3) is 11.1 Å². The molecule has 0 bridgehead atoms. The van der Waals surface area contributed by atoms with E-state index in [-0.39, 0.29) is 24.9 Å². The van der Waals surface area contributed by atoms with E-state index >= 15 is 0 Å². The predicted molar refractivity (Wildman–Crippen MR) is 107 cm³/mol. The summed E-state index contributed by atoms with van der Waals surface area (Å²) in [6.45, 7) is 0.428. The summed E-state index contributed by atoms with van der Waals surface area (Å²) in [5.74, 6) is -1.69. The van der Waals surface area contributed by atoms with Gasteiger partial charge in [-0.3, -0.25) is 5.41 Å². The molecule has 2 aromatic rings. The second-order valence-corrected chi connectivity index (χ2v) is 6.82. The van der Waals surface area contributed by atoms with Crippen molar-refractivity contribution >= 4 is 18.0 Å². The zero-order valence-corrected chi connectivity index (χ0v) is 15.8. The number of benzene rings is 2. The molecule has 0 aromatic heterocycles. The van der Waals surface area contributed by atoms with E-state index < -0.39 is 18.1 Å². The Balaban J connectivity index is 1.58. The number of carbonyl (C=O) groups is 2. The van der Waals surface area contributed by atoms with Crippen molar-refractivity contribution in [1.29, 1.82) is 5.41 Å². The largest absolute Gasteiger partial charge is 0.449 e. The van der Waals surface area contributed by atoms with E-state index in [2.05, 4.69) is 10.6 Å². The molecule has 0 unspecified atom stereocenters. The molecular weight excluding hydrogens is 372 g/mol. The lowest BCUT2D eigenvalue weighted by Crippen LogP contribution is -2.41. The highest BCUT2D eigenvalue weighted by Crippen LogP contribution is 2.44. The number of fused-ring (bicyclic) bond motifs is 3. The van der Waals surface area contributed by atoms with E-state index in [0.29, 0.717) is 13.0 Å². The number of nitrogens with two attached hydrogens (primary N) is 1. The van der Waals surface area contributed by atoms with Crippen molar-refractivity contribution < 1.29 is 19.4 Å². The van der Waals surface area contributed by atoms with E-state index in [9.17, 15) is 14.7 Å². The maximum atomic E-state index is 12.2. The number of guanidine groups is 1. The van der Waals surface area contributed by atoms with Crippen LogP contribution in [-0.4, -0.2) is 37.2 Å². The quantitative estimate of drug-likeness (QED) is 0.308. The van der Waals surface area contributed by atoms with Crippen LogP contribution >= 0.6 is 0 Å². The lowest BCUT2D eigenvalue weighted by atomic mass is 9.98. The first kappa shape index (κ1) is 20.2. The third kappa shape index (κ3) is 4.84. The Morgan fingerprint density at radius 3 is 2.21 bits per heavy atom. The Hall–Kier alpha value is -3.55.